The largest absolute Gasteiger partial charge is 0.465 e. The van der Waals surface area contributed by atoms with Gasteiger partial charge in [-0.05, 0) is 19.4 Å². The lowest BCUT2D eigenvalue weighted by atomic mass is 10.1. The Morgan fingerprint density at radius 1 is 1.21 bits per heavy atom. The number of rotatable bonds is 7. The van der Waals surface area contributed by atoms with Crippen LogP contribution in [0.3, 0.4) is 0 Å². The van der Waals surface area contributed by atoms with Gasteiger partial charge in [0.1, 0.15) is 0 Å². The second kappa shape index (κ2) is 8.61. The van der Waals surface area contributed by atoms with Gasteiger partial charge in [0, 0.05) is 18.2 Å². The highest BCUT2D eigenvalue weighted by Crippen LogP contribution is 2.18. The number of hydrogen-bond donors (Lipinski definition) is 1. The highest BCUT2D eigenvalue weighted by molar-refractivity contribution is 5.97. The molecule has 0 bridgehead atoms. The van der Waals surface area contributed by atoms with Crippen LogP contribution in [0.4, 0.5) is 5.69 Å². The molecule has 130 valence electrons. The Kier molecular flexibility index (Phi) is 6.84. The molecule has 0 unspecified atom stereocenters. The number of amides is 1. The van der Waals surface area contributed by atoms with Gasteiger partial charge in [0.2, 0.25) is 0 Å². The molecule has 1 N–H and O–H groups in total. The first-order valence-corrected chi connectivity index (χ1v) is 7.12. The van der Waals surface area contributed by atoms with Crippen LogP contribution in [0.15, 0.2) is 18.2 Å². The number of non-ortho nitro benzene ring substituents is 1. The molecule has 0 saturated heterocycles. The molecule has 9 nitrogen and oxygen atoms in total. The molecule has 0 radical (unpaired) electrons. The van der Waals surface area contributed by atoms with Crippen molar-refractivity contribution < 1.29 is 28.8 Å². The summed E-state index contributed by atoms with van der Waals surface area (Å²) >= 11 is 0. The Balaban J connectivity index is 2.89. The molecule has 1 aromatic carbocycles. The SMILES string of the molecule is CC[C@@H](C)NC(=O)COC(=O)c1cc(C(=O)OC)cc([N+](=O)[O-])c1. The Hall–Kier alpha value is -2.97. The number of nitrogens with one attached hydrogen (secondary N) is 1. The molecule has 0 aliphatic carbocycles. The summed E-state index contributed by atoms with van der Waals surface area (Å²) in [6.45, 7) is 3.15. The van der Waals surface area contributed by atoms with Crippen molar-refractivity contribution in [1.29, 1.82) is 0 Å². The fourth-order valence-corrected chi connectivity index (χ4v) is 1.70. The van der Waals surface area contributed by atoms with Crippen LogP contribution in [0.25, 0.3) is 0 Å². The van der Waals surface area contributed by atoms with Gasteiger partial charge in [0.25, 0.3) is 11.6 Å². The van der Waals surface area contributed by atoms with Crippen molar-refractivity contribution in [3.63, 3.8) is 0 Å². The van der Waals surface area contributed by atoms with Crippen LogP contribution in [0, 0.1) is 10.1 Å². The van der Waals surface area contributed by atoms with E-state index < -0.39 is 35.1 Å². The summed E-state index contributed by atoms with van der Waals surface area (Å²) < 4.78 is 9.29. The monoisotopic (exact) mass is 338 g/mol. The van der Waals surface area contributed by atoms with Crippen LogP contribution < -0.4 is 5.32 Å². The van der Waals surface area contributed by atoms with E-state index in [9.17, 15) is 24.5 Å². The molecular formula is C15H18N2O7. The van der Waals surface area contributed by atoms with Gasteiger partial charge >= 0.3 is 11.9 Å². The lowest BCUT2D eigenvalue weighted by Gasteiger charge is -2.11. The standard InChI is InChI=1S/C15H18N2O7/c1-4-9(2)16-13(18)8-24-15(20)11-5-10(14(19)23-3)6-12(7-11)17(21)22/h5-7,9H,4,8H2,1-3H3,(H,16,18)/t9-/m1/s1. The van der Waals surface area contributed by atoms with E-state index in [1.165, 1.54) is 0 Å². The van der Waals surface area contributed by atoms with E-state index in [2.05, 4.69) is 10.1 Å². The first-order chi connectivity index (χ1) is 11.3. The van der Waals surface area contributed by atoms with Crippen LogP contribution in [-0.2, 0) is 14.3 Å². The number of nitro groups is 1. The van der Waals surface area contributed by atoms with Crippen molar-refractivity contribution in [1.82, 2.24) is 5.32 Å². The van der Waals surface area contributed by atoms with E-state index in [0.717, 1.165) is 25.3 Å². The fourth-order valence-electron chi connectivity index (χ4n) is 1.70. The van der Waals surface area contributed by atoms with Crippen LogP contribution in [-0.4, -0.2) is 42.5 Å². The van der Waals surface area contributed by atoms with E-state index >= 15 is 0 Å². The number of methoxy groups -OCH3 is 1. The normalized spacial score (nSPS) is 11.3. The summed E-state index contributed by atoms with van der Waals surface area (Å²) in [6.07, 6.45) is 0.715. The average molecular weight is 338 g/mol. The molecule has 9 heteroatoms. The minimum Gasteiger partial charge on any atom is -0.465 e. The van der Waals surface area contributed by atoms with Gasteiger partial charge in [-0.2, -0.15) is 0 Å². The fraction of sp³-hybridized carbons (Fsp3) is 0.400. The number of hydrogen-bond acceptors (Lipinski definition) is 7. The minimum atomic E-state index is -0.955. The lowest BCUT2D eigenvalue weighted by Crippen LogP contribution is -2.35. The van der Waals surface area contributed by atoms with Crippen molar-refractivity contribution in [2.24, 2.45) is 0 Å². The molecule has 0 aromatic heterocycles. The molecule has 0 spiro atoms. The predicted octanol–water partition coefficient (Wildman–Crippen LogP) is 1.45. The van der Waals surface area contributed by atoms with E-state index in [-0.39, 0.29) is 17.2 Å². The molecule has 1 aromatic rings. The predicted molar refractivity (Wildman–Crippen MR) is 82.6 cm³/mol. The maximum absolute atomic E-state index is 12.0. The van der Waals surface area contributed by atoms with Gasteiger partial charge in [0.15, 0.2) is 6.61 Å². The van der Waals surface area contributed by atoms with Gasteiger partial charge in [-0.15, -0.1) is 0 Å². The third-order valence-corrected chi connectivity index (χ3v) is 3.14. The van der Waals surface area contributed by atoms with Gasteiger partial charge < -0.3 is 14.8 Å². The molecule has 0 aliphatic heterocycles. The van der Waals surface area contributed by atoms with Gasteiger partial charge in [0.05, 0.1) is 23.2 Å². The minimum absolute atomic E-state index is 0.0695. The Morgan fingerprint density at radius 3 is 2.29 bits per heavy atom. The zero-order chi connectivity index (χ0) is 18.3. The van der Waals surface area contributed by atoms with Gasteiger partial charge in [-0.1, -0.05) is 6.92 Å². The topological polar surface area (TPSA) is 125 Å². The van der Waals surface area contributed by atoms with Gasteiger partial charge in [-0.25, -0.2) is 9.59 Å². The van der Waals surface area contributed by atoms with Gasteiger partial charge in [-0.3, -0.25) is 14.9 Å². The van der Waals surface area contributed by atoms with Crippen LogP contribution >= 0.6 is 0 Å². The number of carbonyl (C=O) groups excluding carboxylic acids is 3. The Morgan fingerprint density at radius 2 is 1.79 bits per heavy atom. The number of esters is 2. The molecule has 0 saturated carbocycles. The van der Waals surface area contributed by atoms with E-state index in [0.29, 0.717) is 6.42 Å². The first kappa shape index (κ1) is 19.1. The van der Waals surface area contributed by atoms with Crippen molar-refractivity contribution in [3.8, 4) is 0 Å². The number of nitrogens with zero attached hydrogens (tertiary/aromatic N) is 1. The van der Waals surface area contributed by atoms with Crippen LogP contribution in [0.5, 0.6) is 0 Å². The number of carbonyl (C=O) groups is 3. The summed E-state index contributed by atoms with van der Waals surface area (Å²) in [7, 11) is 1.11. The highest BCUT2D eigenvalue weighted by Gasteiger charge is 2.20. The molecule has 24 heavy (non-hydrogen) atoms. The number of benzene rings is 1. The van der Waals surface area contributed by atoms with Crippen LogP contribution in [0.1, 0.15) is 41.0 Å². The summed E-state index contributed by atoms with van der Waals surface area (Å²) in [5.74, 6) is -2.28. The van der Waals surface area contributed by atoms with Crippen LogP contribution in [0.2, 0.25) is 0 Å². The second-order valence-electron chi connectivity index (χ2n) is 4.97. The molecule has 1 amide bonds. The van der Waals surface area contributed by atoms with E-state index in [4.69, 9.17) is 4.74 Å². The molecule has 0 aliphatic rings. The molecule has 0 fully saturated rings. The third-order valence-electron chi connectivity index (χ3n) is 3.14. The zero-order valence-electron chi connectivity index (χ0n) is 13.5. The number of ether oxygens (including phenoxy) is 2. The Labute approximate surface area is 138 Å². The van der Waals surface area contributed by atoms with E-state index in [1.54, 1.807) is 6.92 Å². The zero-order valence-corrected chi connectivity index (χ0v) is 13.5. The number of nitro benzene ring substituents is 1. The van der Waals surface area contributed by atoms with E-state index in [1.807, 2.05) is 6.92 Å². The third kappa shape index (κ3) is 5.34. The summed E-state index contributed by atoms with van der Waals surface area (Å²) in [5.41, 5.74) is -0.849. The van der Waals surface area contributed by atoms with Crippen molar-refractivity contribution in [2.45, 2.75) is 26.3 Å². The smallest absolute Gasteiger partial charge is 0.338 e. The first-order valence-electron chi connectivity index (χ1n) is 7.12. The average Bonchev–Trinajstić information content (AvgIpc) is 2.58. The maximum Gasteiger partial charge on any atom is 0.338 e. The second-order valence-corrected chi connectivity index (χ2v) is 4.97. The summed E-state index contributed by atoms with van der Waals surface area (Å²) in [6, 6.07) is 2.98. The highest BCUT2D eigenvalue weighted by atomic mass is 16.6. The van der Waals surface area contributed by atoms with Crippen molar-refractivity contribution >= 4 is 23.5 Å². The molecule has 1 atom stereocenters. The summed E-state index contributed by atoms with van der Waals surface area (Å²) in [4.78, 5) is 45.2. The quantitative estimate of drug-likeness (QED) is 0.453. The molecule has 1 rings (SSSR count). The molecular weight excluding hydrogens is 320 g/mol. The molecule has 0 heterocycles. The summed E-state index contributed by atoms with van der Waals surface area (Å²) in [5, 5.41) is 13.5. The van der Waals surface area contributed by atoms with Crippen molar-refractivity contribution in [2.75, 3.05) is 13.7 Å². The van der Waals surface area contributed by atoms with Crippen molar-refractivity contribution in [3.05, 3.63) is 39.4 Å². The lowest BCUT2D eigenvalue weighted by molar-refractivity contribution is -0.384. The maximum atomic E-state index is 12.0. The Bertz CT molecular complexity index is 657.